The summed E-state index contributed by atoms with van der Waals surface area (Å²) in [5, 5.41) is 7.95. The molecule has 0 atom stereocenters. The van der Waals surface area contributed by atoms with Gasteiger partial charge in [0.2, 0.25) is 0 Å². The van der Waals surface area contributed by atoms with Crippen molar-refractivity contribution < 1.29 is 14.9 Å². The first-order chi connectivity index (χ1) is 6.31. The van der Waals surface area contributed by atoms with E-state index >= 15 is 0 Å². The van der Waals surface area contributed by atoms with E-state index < -0.39 is 5.97 Å². The van der Waals surface area contributed by atoms with Crippen molar-refractivity contribution in [3.63, 3.8) is 0 Å². The molecule has 76 valence electrons. The summed E-state index contributed by atoms with van der Waals surface area (Å²) < 4.78 is 0. The highest BCUT2D eigenvalue weighted by Crippen LogP contribution is 2.06. The van der Waals surface area contributed by atoms with E-state index in [4.69, 9.17) is 5.26 Å². The van der Waals surface area contributed by atoms with Crippen molar-refractivity contribution >= 4 is 5.97 Å². The zero-order valence-corrected chi connectivity index (χ0v) is 8.16. The van der Waals surface area contributed by atoms with E-state index in [1.54, 1.807) is 0 Å². The van der Waals surface area contributed by atoms with Gasteiger partial charge in [0.15, 0.2) is 0 Å². The van der Waals surface area contributed by atoms with Gasteiger partial charge in [-0.2, -0.15) is 5.26 Å². The summed E-state index contributed by atoms with van der Waals surface area (Å²) in [6.07, 6.45) is 9.73. The first-order valence-electron chi connectivity index (χ1n) is 4.76. The normalized spacial score (nSPS) is 10.6. The van der Waals surface area contributed by atoms with Crippen LogP contribution in [0.1, 0.15) is 45.4 Å². The predicted molar refractivity (Wildman–Crippen MR) is 51.2 cm³/mol. The second-order valence-electron chi connectivity index (χ2n) is 2.99. The largest absolute Gasteiger partial charge is 0.342 e. The highest BCUT2D eigenvalue weighted by Gasteiger charge is 1.99. The van der Waals surface area contributed by atoms with Gasteiger partial charge in [0, 0.05) is 6.42 Å². The van der Waals surface area contributed by atoms with E-state index in [1.165, 1.54) is 6.42 Å². The minimum atomic E-state index is -0.534. The Hall–Kier alpha value is -0.830. The lowest BCUT2D eigenvalue weighted by Gasteiger charge is -1.97. The van der Waals surface area contributed by atoms with Crippen LogP contribution in [0.5, 0.6) is 0 Å². The summed E-state index contributed by atoms with van der Waals surface area (Å²) in [7, 11) is 0. The highest BCUT2D eigenvalue weighted by molar-refractivity contribution is 5.68. The van der Waals surface area contributed by atoms with E-state index in [0.717, 1.165) is 25.7 Å². The zero-order chi connectivity index (χ0) is 9.94. The summed E-state index contributed by atoms with van der Waals surface area (Å²) >= 11 is 0. The van der Waals surface area contributed by atoms with E-state index in [1.807, 2.05) is 13.0 Å². The third kappa shape index (κ3) is 9.08. The molecule has 0 unspecified atom stereocenters. The van der Waals surface area contributed by atoms with Gasteiger partial charge < -0.3 is 4.89 Å². The molecule has 0 aliphatic heterocycles. The van der Waals surface area contributed by atoms with Crippen molar-refractivity contribution in [3.8, 4) is 0 Å². The van der Waals surface area contributed by atoms with Crippen LogP contribution < -0.4 is 0 Å². The van der Waals surface area contributed by atoms with Crippen LogP contribution in [0.3, 0.4) is 0 Å². The lowest BCUT2D eigenvalue weighted by Crippen LogP contribution is -1.99. The molecule has 0 fully saturated rings. The Balaban J connectivity index is 3.03. The molecule has 0 rings (SSSR count). The van der Waals surface area contributed by atoms with Crippen LogP contribution in [0.15, 0.2) is 12.2 Å². The van der Waals surface area contributed by atoms with Crippen molar-refractivity contribution in [2.75, 3.05) is 0 Å². The summed E-state index contributed by atoms with van der Waals surface area (Å²) in [5.41, 5.74) is 0. The minimum Gasteiger partial charge on any atom is -0.301 e. The van der Waals surface area contributed by atoms with Gasteiger partial charge in [-0.1, -0.05) is 25.0 Å². The fourth-order valence-corrected chi connectivity index (χ4v) is 1.10. The molecule has 0 saturated carbocycles. The van der Waals surface area contributed by atoms with E-state index in [9.17, 15) is 4.79 Å². The molecule has 0 spiro atoms. The number of hydrogen-bond donors (Lipinski definition) is 1. The number of carbonyl (C=O) groups is 1. The minimum absolute atomic E-state index is 0.320. The van der Waals surface area contributed by atoms with Gasteiger partial charge in [0.05, 0.1) is 0 Å². The molecule has 0 aliphatic rings. The van der Waals surface area contributed by atoms with Crippen LogP contribution in [0.2, 0.25) is 0 Å². The van der Waals surface area contributed by atoms with Crippen LogP contribution in [-0.4, -0.2) is 11.2 Å². The van der Waals surface area contributed by atoms with Crippen molar-refractivity contribution in [1.29, 1.82) is 0 Å². The van der Waals surface area contributed by atoms with E-state index in [-0.39, 0.29) is 0 Å². The average molecular weight is 186 g/mol. The third-order valence-electron chi connectivity index (χ3n) is 1.84. The van der Waals surface area contributed by atoms with Gasteiger partial charge >= 0.3 is 5.97 Å². The highest BCUT2D eigenvalue weighted by atomic mass is 17.1. The number of carbonyl (C=O) groups excluding carboxylic acids is 1. The molecule has 0 saturated heterocycles. The maximum atomic E-state index is 10.5. The van der Waals surface area contributed by atoms with Crippen molar-refractivity contribution in [1.82, 2.24) is 0 Å². The van der Waals surface area contributed by atoms with Gasteiger partial charge in [0.25, 0.3) is 0 Å². The Morgan fingerprint density at radius 1 is 1.31 bits per heavy atom. The Bertz CT molecular complexity index is 152. The second-order valence-corrected chi connectivity index (χ2v) is 2.99. The summed E-state index contributed by atoms with van der Waals surface area (Å²) in [5.74, 6) is -0.534. The van der Waals surface area contributed by atoms with E-state index in [2.05, 4.69) is 11.0 Å². The molecule has 0 aromatic heterocycles. The molecule has 0 aliphatic carbocycles. The molecule has 0 aromatic carbocycles. The number of hydrogen-bond acceptors (Lipinski definition) is 3. The van der Waals surface area contributed by atoms with Gasteiger partial charge in [0.1, 0.15) is 0 Å². The molecule has 13 heavy (non-hydrogen) atoms. The SMILES string of the molecule is CC=CCCCCCCC(=O)OO. The Morgan fingerprint density at radius 2 is 2.00 bits per heavy atom. The molecule has 3 heteroatoms. The van der Waals surface area contributed by atoms with Crippen LogP contribution in [0.4, 0.5) is 0 Å². The van der Waals surface area contributed by atoms with Crippen LogP contribution in [-0.2, 0) is 9.68 Å². The molecular weight excluding hydrogens is 168 g/mol. The average Bonchev–Trinajstić information content (AvgIpc) is 2.16. The number of allylic oxidation sites excluding steroid dienone is 2. The van der Waals surface area contributed by atoms with Crippen molar-refractivity contribution in [2.24, 2.45) is 0 Å². The molecule has 0 bridgehead atoms. The van der Waals surface area contributed by atoms with Crippen LogP contribution in [0, 0.1) is 0 Å². The number of unbranched alkanes of at least 4 members (excludes halogenated alkanes) is 4. The summed E-state index contributed by atoms with van der Waals surface area (Å²) in [6, 6.07) is 0. The fraction of sp³-hybridized carbons (Fsp3) is 0.700. The van der Waals surface area contributed by atoms with Crippen LogP contribution >= 0.6 is 0 Å². The molecule has 0 heterocycles. The first-order valence-corrected chi connectivity index (χ1v) is 4.76. The van der Waals surface area contributed by atoms with E-state index in [0.29, 0.717) is 6.42 Å². The van der Waals surface area contributed by atoms with Crippen molar-refractivity contribution in [3.05, 3.63) is 12.2 Å². The standard InChI is InChI=1S/C10H18O3/c1-2-3-4-5-6-7-8-9-10(11)13-12/h2-3,12H,4-9H2,1H3. The maximum Gasteiger partial charge on any atom is 0.342 e. The molecule has 0 amide bonds. The van der Waals surface area contributed by atoms with Gasteiger partial charge in [-0.15, -0.1) is 0 Å². The maximum absolute atomic E-state index is 10.5. The molecule has 1 N–H and O–H groups in total. The molecule has 3 nitrogen and oxygen atoms in total. The topological polar surface area (TPSA) is 46.5 Å². The Labute approximate surface area is 79.3 Å². The Kier molecular flexibility index (Phi) is 8.67. The Morgan fingerprint density at radius 3 is 2.62 bits per heavy atom. The molecule has 0 radical (unpaired) electrons. The van der Waals surface area contributed by atoms with Crippen molar-refractivity contribution in [2.45, 2.75) is 45.4 Å². The van der Waals surface area contributed by atoms with Gasteiger partial charge in [-0.05, 0) is 26.2 Å². The van der Waals surface area contributed by atoms with Crippen LogP contribution in [0.25, 0.3) is 0 Å². The first kappa shape index (κ1) is 12.2. The molecular formula is C10H18O3. The monoisotopic (exact) mass is 186 g/mol. The zero-order valence-electron chi connectivity index (χ0n) is 8.16. The summed E-state index contributed by atoms with van der Waals surface area (Å²) in [6.45, 7) is 2.01. The number of rotatable bonds is 7. The lowest BCUT2D eigenvalue weighted by molar-refractivity contribution is -0.234. The van der Waals surface area contributed by atoms with Gasteiger partial charge in [-0.3, -0.25) is 0 Å². The second kappa shape index (κ2) is 9.26. The molecule has 0 aromatic rings. The summed E-state index contributed by atoms with van der Waals surface area (Å²) in [4.78, 5) is 14.0. The smallest absolute Gasteiger partial charge is 0.301 e. The fourth-order valence-electron chi connectivity index (χ4n) is 1.10. The van der Waals surface area contributed by atoms with Gasteiger partial charge in [-0.25, -0.2) is 4.79 Å². The lowest BCUT2D eigenvalue weighted by atomic mass is 10.1. The quantitative estimate of drug-likeness (QED) is 0.288. The predicted octanol–water partition coefficient (Wildman–Crippen LogP) is 2.92. The third-order valence-corrected chi connectivity index (χ3v) is 1.84.